The second-order valence-corrected chi connectivity index (χ2v) is 5.70. The van der Waals surface area contributed by atoms with Crippen molar-refractivity contribution in [1.29, 1.82) is 0 Å². The normalized spacial score (nSPS) is 14.4. The van der Waals surface area contributed by atoms with Crippen LogP contribution in [0.3, 0.4) is 0 Å². The van der Waals surface area contributed by atoms with Gasteiger partial charge in [-0.3, -0.25) is 0 Å². The quantitative estimate of drug-likeness (QED) is 0.858. The van der Waals surface area contributed by atoms with Crippen molar-refractivity contribution < 1.29 is 17.9 Å². The minimum atomic E-state index is -4.50. The van der Waals surface area contributed by atoms with Gasteiger partial charge < -0.3 is 15.4 Å². The number of hydrogen-bond donors (Lipinski definition) is 2. The van der Waals surface area contributed by atoms with Crippen LogP contribution in [0.25, 0.3) is 0 Å². The van der Waals surface area contributed by atoms with Crippen LogP contribution in [0.15, 0.2) is 24.4 Å². The average molecular weight is 338 g/mol. The molecular formula is C16H17F3N4O. The minimum Gasteiger partial charge on any atom is -0.495 e. The summed E-state index contributed by atoms with van der Waals surface area (Å²) >= 11 is 0. The zero-order chi connectivity index (χ0) is 17.3. The van der Waals surface area contributed by atoms with Crippen LogP contribution >= 0.6 is 0 Å². The van der Waals surface area contributed by atoms with Crippen molar-refractivity contribution in [2.24, 2.45) is 0 Å². The van der Waals surface area contributed by atoms with Crippen LogP contribution in [-0.4, -0.2) is 23.1 Å². The Hall–Kier alpha value is -2.51. The zero-order valence-corrected chi connectivity index (χ0v) is 13.2. The Morgan fingerprint density at radius 3 is 2.62 bits per heavy atom. The van der Waals surface area contributed by atoms with Gasteiger partial charge in [0.05, 0.1) is 12.8 Å². The van der Waals surface area contributed by atoms with Gasteiger partial charge >= 0.3 is 6.18 Å². The fourth-order valence-corrected chi connectivity index (χ4v) is 2.22. The molecule has 3 rings (SSSR count). The maximum absolute atomic E-state index is 13.1. The molecule has 1 fully saturated rings. The zero-order valence-electron chi connectivity index (χ0n) is 13.2. The summed E-state index contributed by atoms with van der Waals surface area (Å²) in [7, 11) is 1.52. The lowest BCUT2D eigenvalue weighted by Gasteiger charge is -2.15. The van der Waals surface area contributed by atoms with Crippen molar-refractivity contribution in [1.82, 2.24) is 9.97 Å². The number of nitrogens with one attached hydrogen (secondary N) is 2. The molecule has 1 aromatic heterocycles. The number of ether oxygens (including phenoxy) is 1. The lowest BCUT2D eigenvalue weighted by Crippen LogP contribution is -2.15. The summed E-state index contributed by atoms with van der Waals surface area (Å²) in [4.78, 5) is 7.81. The molecule has 0 saturated heterocycles. The molecule has 1 aliphatic rings. The summed E-state index contributed by atoms with van der Waals surface area (Å²) in [6.07, 6.45) is -2.02. The Kier molecular flexibility index (Phi) is 4.21. The fraction of sp³-hybridized carbons (Fsp3) is 0.375. The topological polar surface area (TPSA) is 59.1 Å². The van der Waals surface area contributed by atoms with E-state index in [0.29, 0.717) is 11.4 Å². The minimum absolute atomic E-state index is 0.0438. The number of benzene rings is 1. The molecule has 0 atom stereocenters. The second kappa shape index (κ2) is 6.18. The molecule has 0 amide bonds. The van der Waals surface area contributed by atoms with Crippen LogP contribution in [0.2, 0.25) is 0 Å². The lowest BCUT2D eigenvalue weighted by atomic mass is 10.2. The monoisotopic (exact) mass is 338 g/mol. The van der Waals surface area contributed by atoms with Crippen LogP contribution in [0, 0.1) is 6.92 Å². The van der Waals surface area contributed by atoms with Crippen molar-refractivity contribution >= 4 is 17.5 Å². The molecule has 0 spiro atoms. The van der Waals surface area contributed by atoms with Gasteiger partial charge in [-0.05, 0) is 37.5 Å². The first kappa shape index (κ1) is 16.4. The van der Waals surface area contributed by atoms with Gasteiger partial charge in [-0.2, -0.15) is 18.2 Å². The van der Waals surface area contributed by atoms with E-state index in [1.54, 1.807) is 6.07 Å². The molecule has 1 saturated carbocycles. The first-order valence-electron chi connectivity index (χ1n) is 7.49. The van der Waals surface area contributed by atoms with Crippen molar-refractivity contribution in [3.8, 4) is 5.75 Å². The van der Waals surface area contributed by atoms with Gasteiger partial charge in [0.1, 0.15) is 17.1 Å². The van der Waals surface area contributed by atoms with E-state index in [9.17, 15) is 13.2 Å². The number of aromatic nitrogens is 2. The van der Waals surface area contributed by atoms with E-state index in [0.717, 1.165) is 24.6 Å². The van der Waals surface area contributed by atoms with Crippen molar-refractivity contribution in [3.05, 3.63) is 35.5 Å². The first-order chi connectivity index (χ1) is 11.4. The van der Waals surface area contributed by atoms with Gasteiger partial charge in [-0.15, -0.1) is 0 Å². The number of rotatable bonds is 5. The highest BCUT2D eigenvalue weighted by atomic mass is 19.4. The summed E-state index contributed by atoms with van der Waals surface area (Å²) in [6.45, 7) is 1.90. The predicted octanol–water partition coefficient (Wildman–Crippen LogP) is 4.13. The number of halogens is 3. The van der Waals surface area contributed by atoms with Gasteiger partial charge in [0.25, 0.3) is 0 Å². The van der Waals surface area contributed by atoms with E-state index in [4.69, 9.17) is 4.74 Å². The van der Waals surface area contributed by atoms with Crippen LogP contribution < -0.4 is 15.4 Å². The van der Waals surface area contributed by atoms with E-state index in [1.165, 1.54) is 7.11 Å². The Balaban J connectivity index is 1.92. The highest BCUT2D eigenvalue weighted by Crippen LogP contribution is 2.36. The average Bonchev–Trinajstić information content (AvgIpc) is 3.30. The third-order valence-corrected chi connectivity index (χ3v) is 3.61. The van der Waals surface area contributed by atoms with E-state index in [1.807, 2.05) is 19.1 Å². The highest BCUT2D eigenvalue weighted by molar-refractivity contribution is 5.64. The molecule has 1 heterocycles. The molecule has 0 unspecified atom stereocenters. The molecule has 0 radical (unpaired) electrons. The Bertz CT molecular complexity index is 745. The third kappa shape index (κ3) is 3.69. The van der Waals surface area contributed by atoms with Gasteiger partial charge in [0, 0.05) is 12.2 Å². The molecule has 1 aliphatic carbocycles. The highest BCUT2D eigenvalue weighted by Gasteiger charge is 2.36. The Morgan fingerprint density at radius 2 is 2.00 bits per heavy atom. The molecule has 0 bridgehead atoms. The molecule has 5 nitrogen and oxygen atoms in total. The van der Waals surface area contributed by atoms with Crippen LogP contribution in [0.1, 0.15) is 24.0 Å². The summed E-state index contributed by atoms with van der Waals surface area (Å²) in [5, 5.41) is 5.74. The molecule has 1 aromatic carbocycles. The molecule has 2 aromatic rings. The van der Waals surface area contributed by atoms with E-state index in [-0.39, 0.29) is 17.8 Å². The largest absolute Gasteiger partial charge is 0.495 e. The summed E-state index contributed by atoms with van der Waals surface area (Å²) in [6, 6.07) is 5.50. The van der Waals surface area contributed by atoms with Gasteiger partial charge in [0.15, 0.2) is 0 Å². The maximum atomic E-state index is 13.1. The predicted molar refractivity (Wildman–Crippen MR) is 84.7 cm³/mol. The number of hydrogen-bond acceptors (Lipinski definition) is 5. The number of anilines is 3. The third-order valence-electron chi connectivity index (χ3n) is 3.61. The number of aryl methyl sites for hydroxylation is 1. The van der Waals surface area contributed by atoms with Crippen LogP contribution in [-0.2, 0) is 6.18 Å². The molecule has 2 N–H and O–H groups in total. The summed E-state index contributed by atoms with van der Waals surface area (Å²) < 4.78 is 44.5. The molecular weight excluding hydrogens is 321 g/mol. The van der Waals surface area contributed by atoms with Gasteiger partial charge in [-0.25, -0.2) is 4.98 Å². The Labute approximate surface area is 137 Å². The van der Waals surface area contributed by atoms with E-state index in [2.05, 4.69) is 20.6 Å². The maximum Gasteiger partial charge on any atom is 0.421 e. The van der Waals surface area contributed by atoms with E-state index < -0.39 is 11.7 Å². The fourth-order valence-electron chi connectivity index (χ4n) is 2.22. The second-order valence-electron chi connectivity index (χ2n) is 5.70. The van der Waals surface area contributed by atoms with Gasteiger partial charge in [-0.1, -0.05) is 6.07 Å². The smallest absolute Gasteiger partial charge is 0.421 e. The standard InChI is InChI=1S/C16H17F3N4O/c1-9-3-6-13(24-2)12(7-9)22-15-20-8-11(16(17,18)19)14(23-15)21-10-4-5-10/h3,6-8,10H,4-5H2,1-2H3,(H2,20,21,22,23). The van der Waals surface area contributed by atoms with E-state index >= 15 is 0 Å². The SMILES string of the molecule is COc1ccc(C)cc1Nc1ncc(C(F)(F)F)c(NC2CC2)n1. The number of nitrogens with zero attached hydrogens (tertiary/aromatic N) is 2. The Morgan fingerprint density at radius 1 is 1.25 bits per heavy atom. The molecule has 128 valence electrons. The van der Waals surface area contributed by atoms with Crippen molar-refractivity contribution in [2.45, 2.75) is 32.0 Å². The molecule has 8 heteroatoms. The first-order valence-corrected chi connectivity index (χ1v) is 7.49. The molecule has 24 heavy (non-hydrogen) atoms. The van der Waals surface area contributed by atoms with Crippen LogP contribution in [0.5, 0.6) is 5.75 Å². The lowest BCUT2D eigenvalue weighted by molar-refractivity contribution is -0.137. The number of alkyl halides is 3. The van der Waals surface area contributed by atoms with Gasteiger partial charge in [0.2, 0.25) is 5.95 Å². The summed E-state index contributed by atoms with van der Waals surface area (Å²) in [5.41, 5.74) is 0.701. The van der Waals surface area contributed by atoms with Crippen molar-refractivity contribution in [2.75, 3.05) is 17.7 Å². The molecule has 0 aliphatic heterocycles. The van der Waals surface area contributed by atoms with Crippen LogP contribution in [0.4, 0.5) is 30.6 Å². The number of methoxy groups -OCH3 is 1. The van der Waals surface area contributed by atoms with Crippen molar-refractivity contribution in [3.63, 3.8) is 0 Å². The summed E-state index contributed by atoms with van der Waals surface area (Å²) in [5.74, 6) is 0.435.